The Labute approximate surface area is 148 Å². The fraction of sp³-hybridized carbons (Fsp3) is 0.0556. The van der Waals surface area contributed by atoms with Gasteiger partial charge in [-0.25, -0.2) is 18.7 Å². The summed E-state index contributed by atoms with van der Waals surface area (Å²) in [5, 5.41) is 8.53. The second kappa shape index (κ2) is 7.56. The number of amides is 1. The summed E-state index contributed by atoms with van der Waals surface area (Å²) in [4.78, 5) is 19.3. The molecular formula is C18H15F2N5O. The fourth-order valence-electron chi connectivity index (χ4n) is 2.25. The first kappa shape index (κ1) is 17.3. The van der Waals surface area contributed by atoms with E-state index in [2.05, 4.69) is 25.9 Å². The predicted molar refractivity (Wildman–Crippen MR) is 95.7 cm³/mol. The molecule has 0 aliphatic rings. The molecular weight excluding hydrogens is 340 g/mol. The Kier molecular flexibility index (Phi) is 5.02. The van der Waals surface area contributed by atoms with E-state index in [0.29, 0.717) is 23.0 Å². The van der Waals surface area contributed by atoms with Crippen molar-refractivity contribution in [2.24, 2.45) is 0 Å². The molecule has 1 amide bonds. The molecule has 3 aromatic rings. The van der Waals surface area contributed by atoms with Gasteiger partial charge in [0.1, 0.15) is 29.6 Å². The zero-order chi connectivity index (χ0) is 18.5. The van der Waals surface area contributed by atoms with E-state index in [-0.39, 0.29) is 11.6 Å². The van der Waals surface area contributed by atoms with Crippen molar-refractivity contribution in [2.45, 2.75) is 6.92 Å². The van der Waals surface area contributed by atoms with Crippen LogP contribution < -0.4 is 16.0 Å². The molecule has 0 fully saturated rings. The molecule has 1 aromatic heterocycles. The number of benzene rings is 2. The van der Waals surface area contributed by atoms with Gasteiger partial charge in [0.15, 0.2) is 0 Å². The Morgan fingerprint density at radius 2 is 1.65 bits per heavy atom. The lowest BCUT2D eigenvalue weighted by molar-refractivity contribution is -0.114. The van der Waals surface area contributed by atoms with Crippen LogP contribution in [0, 0.1) is 11.6 Å². The van der Waals surface area contributed by atoms with Gasteiger partial charge in [0.25, 0.3) is 0 Å². The number of carbonyl (C=O) groups excluding carboxylic acids is 1. The minimum absolute atomic E-state index is 0.101. The molecule has 0 saturated heterocycles. The van der Waals surface area contributed by atoms with Gasteiger partial charge in [0.2, 0.25) is 5.91 Å². The van der Waals surface area contributed by atoms with E-state index in [9.17, 15) is 13.6 Å². The van der Waals surface area contributed by atoms with Crippen molar-refractivity contribution in [3.05, 3.63) is 66.5 Å². The van der Waals surface area contributed by atoms with Gasteiger partial charge in [-0.15, -0.1) is 0 Å². The van der Waals surface area contributed by atoms with Crippen molar-refractivity contribution in [2.75, 3.05) is 16.0 Å². The van der Waals surface area contributed by atoms with Gasteiger partial charge in [-0.3, -0.25) is 4.79 Å². The maximum atomic E-state index is 13.7. The second-order valence-electron chi connectivity index (χ2n) is 5.42. The molecule has 132 valence electrons. The Morgan fingerprint density at radius 3 is 2.38 bits per heavy atom. The van der Waals surface area contributed by atoms with Gasteiger partial charge in [0.05, 0.1) is 5.69 Å². The van der Waals surface area contributed by atoms with Crippen LogP contribution in [0.15, 0.2) is 54.9 Å². The van der Waals surface area contributed by atoms with Crippen molar-refractivity contribution < 1.29 is 13.6 Å². The van der Waals surface area contributed by atoms with E-state index >= 15 is 0 Å². The van der Waals surface area contributed by atoms with Crippen LogP contribution in [0.4, 0.5) is 37.5 Å². The third-order valence-electron chi connectivity index (χ3n) is 3.32. The minimum Gasteiger partial charge on any atom is -0.340 e. The molecule has 1 heterocycles. The summed E-state index contributed by atoms with van der Waals surface area (Å²) in [5.74, 6) is -0.744. The van der Waals surface area contributed by atoms with Crippen LogP contribution in [0.25, 0.3) is 0 Å². The van der Waals surface area contributed by atoms with E-state index in [1.807, 2.05) is 0 Å². The summed E-state index contributed by atoms with van der Waals surface area (Å²) >= 11 is 0. The average molecular weight is 355 g/mol. The van der Waals surface area contributed by atoms with Crippen molar-refractivity contribution in [1.82, 2.24) is 9.97 Å². The van der Waals surface area contributed by atoms with Crippen molar-refractivity contribution >= 4 is 34.6 Å². The number of rotatable bonds is 5. The van der Waals surface area contributed by atoms with Gasteiger partial charge < -0.3 is 16.0 Å². The molecule has 0 saturated carbocycles. The number of anilines is 5. The standard InChI is InChI=1S/C18H15F2N5O/c1-11(26)23-13-3-2-4-14(8-13)24-17-9-18(22-10-21-17)25-16-6-5-12(19)7-15(16)20/h2-10H,1H3,(H,23,26)(H2,21,22,24,25). The smallest absolute Gasteiger partial charge is 0.221 e. The molecule has 0 aliphatic carbocycles. The lowest BCUT2D eigenvalue weighted by atomic mass is 10.2. The second-order valence-corrected chi connectivity index (χ2v) is 5.42. The van der Waals surface area contributed by atoms with Crippen LogP contribution in [0.5, 0.6) is 0 Å². The maximum Gasteiger partial charge on any atom is 0.221 e. The number of nitrogens with one attached hydrogen (secondary N) is 3. The lowest BCUT2D eigenvalue weighted by Gasteiger charge is -2.10. The van der Waals surface area contributed by atoms with Gasteiger partial charge >= 0.3 is 0 Å². The van der Waals surface area contributed by atoms with Gasteiger partial charge in [-0.05, 0) is 30.3 Å². The summed E-state index contributed by atoms with van der Waals surface area (Å²) in [7, 11) is 0. The SMILES string of the molecule is CC(=O)Nc1cccc(Nc2cc(Nc3ccc(F)cc3F)ncn2)c1. The van der Waals surface area contributed by atoms with Crippen molar-refractivity contribution in [1.29, 1.82) is 0 Å². The molecule has 0 spiro atoms. The number of hydrogen-bond donors (Lipinski definition) is 3. The van der Waals surface area contributed by atoms with E-state index in [0.717, 1.165) is 12.1 Å². The highest BCUT2D eigenvalue weighted by Crippen LogP contribution is 2.23. The molecule has 0 atom stereocenters. The summed E-state index contributed by atoms with van der Waals surface area (Å²) in [6.45, 7) is 1.43. The summed E-state index contributed by atoms with van der Waals surface area (Å²) in [6, 6.07) is 11.9. The highest BCUT2D eigenvalue weighted by atomic mass is 19.1. The number of hydrogen-bond acceptors (Lipinski definition) is 5. The van der Waals surface area contributed by atoms with Crippen LogP contribution in [0.1, 0.15) is 6.92 Å². The van der Waals surface area contributed by atoms with Crippen LogP contribution in [0.3, 0.4) is 0 Å². The van der Waals surface area contributed by atoms with Crippen LogP contribution in [-0.2, 0) is 4.79 Å². The Morgan fingerprint density at radius 1 is 0.923 bits per heavy atom. The minimum atomic E-state index is -0.721. The first-order valence-corrected chi connectivity index (χ1v) is 7.68. The molecule has 0 aliphatic heterocycles. The molecule has 3 rings (SSSR count). The molecule has 0 unspecified atom stereocenters. The molecule has 0 bridgehead atoms. The summed E-state index contributed by atoms with van der Waals surface area (Å²) in [5.41, 5.74) is 1.45. The van der Waals surface area contributed by atoms with Crippen LogP contribution >= 0.6 is 0 Å². The molecule has 0 radical (unpaired) electrons. The van der Waals surface area contributed by atoms with Gasteiger partial charge in [-0.2, -0.15) is 0 Å². The zero-order valence-electron chi connectivity index (χ0n) is 13.8. The van der Waals surface area contributed by atoms with E-state index in [4.69, 9.17) is 0 Å². The highest BCUT2D eigenvalue weighted by Gasteiger charge is 2.06. The van der Waals surface area contributed by atoms with Crippen molar-refractivity contribution in [3.8, 4) is 0 Å². The number of nitrogens with zero attached hydrogens (tertiary/aromatic N) is 2. The van der Waals surface area contributed by atoms with E-state index in [1.165, 1.54) is 19.3 Å². The quantitative estimate of drug-likeness (QED) is 0.639. The van der Waals surface area contributed by atoms with Crippen LogP contribution in [0.2, 0.25) is 0 Å². The van der Waals surface area contributed by atoms with Crippen molar-refractivity contribution in [3.63, 3.8) is 0 Å². The first-order valence-electron chi connectivity index (χ1n) is 7.68. The Bertz CT molecular complexity index is 948. The molecule has 8 heteroatoms. The summed E-state index contributed by atoms with van der Waals surface area (Å²) < 4.78 is 26.7. The molecule has 3 N–H and O–H groups in total. The largest absolute Gasteiger partial charge is 0.340 e. The molecule has 2 aromatic carbocycles. The maximum absolute atomic E-state index is 13.7. The third kappa shape index (κ3) is 4.50. The van der Waals surface area contributed by atoms with Gasteiger partial charge in [-0.1, -0.05) is 6.07 Å². The Hall–Kier alpha value is -3.55. The number of halogens is 2. The normalized spacial score (nSPS) is 10.3. The average Bonchev–Trinajstić information content (AvgIpc) is 2.57. The first-order chi connectivity index (χ1) is 12.5. The lowest BCUT2D eigenvalue weighted by Crippen LogP contribution is -2.06. The fourth-order valence-corrected chi connectivity index (χ4v) is 2.25. The highest BCUT2D eigenvalue weighted by molar-refractivity contribution is 5.89. The van der Waals surface area contributed by atoms with Crippen LogP contribution in [-0.4, -0.2) is 15.9 Å². The van der Waals surface area contributed by atoms with Gasteiger partial charge in [0, 0.05) is 30.4 Å². The molecule has 6 nitrogen and oxygen atoms in total. The monoisotopic (exact) mass is 355 g/mol. The Balaban J connectivity index is 1.76. The number of aromatic nitrogens is 2. The summed E-state index contributed by atoms with van der Waals surface area (Å²) in [6.07, 6.45) is 1.31. The predicted octanol–water partition coefficient (Wildman–Crippen LogP) is 4.20. The molecule has 26 heavy (non-hydrogen) atoms. The van der Waals surface area contributed by atoms with E-state index < -0.39 is 11.6 Å². The number of carbonyl (C=O) groups is 1. The third-order valence-corrected chi connectivity index (χ3v) is 3.32. The topological polar surface area (TPSA) is 78.9 Å². The van der Waals surface area contributed by atoms with E-state index in [1.54, 1.807) is 30.3 Å². The zero-order valence-corrected chi connectivity index (χ0v) is 13.8.